The van der Waals surface area contributed by atoms with Crippen molar-refractivity contribution in [1.82, 2.24) is 5.32 Å². The van der Waals surface area contributed by atoms with Gasteiger partial charge < -0.3 is 20.3 Å². The first kappa shape index (κ1) is 60.6. The Hall–Kier alpha value is -2.44. The fourth-order valence-electron chi connectivity index (χ4n) is 7.83. The molecule has 0 aromatic carbocycles. The summed E-state index contributed by atoms with van der Waals surface area (Å²) in [4.78, 5) is 24.4. The lowest BCUT2D eigenvalue weighted by Crippen LogP contribution is -2.45. The molecule has 0 fully saturated rings. The Morgan fingerprint density at radius 3 is 1.32 bits per heavy atom. The number of hydrogen-bond donors (Lipinski definition) is 3. The van der Waals surface area contributed by atoms with Crippen molar-refractivity contribution in [2.45, 2.75) is 276 Å². The summed E-state index contributed by atoms with van der Waals surface area (Å²) in [6.07, 6.45) is 66.7. The monoisotopic (exact) mass is 882 g/mol. The molecule has 0 aliphatic carbocycles. The lowest BCUT2D eigenvalue weighted by molar-refractivity contribution is -0.143. The summed E-state index contributed by atoms with van der Waals surface area (Å²) >= 11 is 0. The van der Waals surface area contributed by atoms with Gasteiger partial charge in [-0.1, -0.05) is 216 Å². The Kier molecular flexibility index (Phi) is 50.2. The topological polar surface area (TPSA) is 95.9 Å². The van der Waals surface area contributed by atoms with Crippen molar-refractivity contribution in [1.29, 1.82) is 0 Å². The quantitative estimate of drug-likeness (QED) is 0.0245. The van der Waals surface area contributed by atoms with Gasteiger partial charge in [0.25, 0.3) is 0 Å². The van der Waals surface area contributed by atoms with Crippen molar-refractivity contribution < 1.29 is 24.5 Å². The molecular formula is C57H103NO5. The molecule has 0 bridgehead atoms. The lowest BCUT2D eigenvalue weighted by Gasteiger charge is -2.20. The van der Waals surface area contributed by atoms with Gasteiger partial charge in [0.1, 0.15) is 0 Å². The molecule has 0 aromatic rings. The average molecular weight is 882 g/mol. The number of allylic oxidation sites excluding steroid dienone is 9. The highest BCUT2D eigenvalue weighted by molar-refractivity contribution is 5.76. The van der Waals surface area contributed by atoms with Crippen molar-refractivity contribution in [3.05, 3.63) is 60.8 Å². The summed E-state index contributed by atoms with van der Waals surface area (Å²) in [5, 5.41) is 22.9. The third-order valence-corrected chi connectivity index (χ3v) is 12.0. The number of carbonyl (C=O) groups excluding carboxylic acids is 2. The van der Waals surface area contributed by atoms with Crippen LogP contribution in [0.4, 0.5) is 0 Å². The van der Waals surface area contributed by atoms with Crippen molar-refractivity contribution in [2.24, 2.45) is 0 Å². The number of unbranched alkanes of at least 4 members (excludes halogenated alkanes) is 31. The number of nitrogens with one attached hydrogen (secondary N) is 1. The first-order chi connectivity index (χ1) is 31.0. The normalized spacial score (nSPS) is 13.1. The van der Waals surface area contributed by atoms with Crippen LogP contribution in [0, 0.1) is 0 Å². The molecule has 0 saturated heterocycles. The molecule has 6 heteroatoms. The summed E-state index contributed by atoms with van der Waals surface area (Å²) in [5.41, 5.74) is 0. The van der Waals surface area contributed by atoms with Gasteiger partial charge in [0.15, 0.2) is 0 Å². The number of aliphatic hydroxyl groups is 2. The van der Waals surface area contributed by atoms with Crippen LogP contribution in [0.25, 0.3) is 0 Å². The van der Waals surface area contributed by atoms with Gasteiger partial charge >= 0.3 is 5.97 Å². The molecule has 0 radical (unpaired) electrons. The largest absolute Gasteiger partial charge is 0.466 e. The standard InChI is InChI=1S/C57H103NO5/c1-3-5-7-9-11-13-14-15-16-17-22-25-28-31-35-39-43-47-51-57(62)63-52-48-44-40-36-32-29-26-23-20-18-19-21-24-27-30-34-38-42-46-50-56(61)58-54(53-59)55(60)49-45-41-37-33-12-10-8-6-4-2/h13-14,16-17,23,26,29,32,45,49,54-55,59-60H,3-12,15,18-22,24-25,27-28,30-31,33-44,46-48,50-53H2,1-2H3,(H,58,61)/b14-13-,17-16-,26-23-,32-29-,49-45+. The fraction of sp³-hybridized carbons (Fsp3) is 0.789. The van der Waals surface area contributed by atoms with Crippen LogP contribution in [0.3, 0.4) is 0 Å². The summed E-state index contributed by atoms with van der Waals surface area (Å²) in [6.45, 7) is 4.80. The van der Waals surface area contributed by atoms with Gasteiger partial charge in [0.05, 0.1) is 25.4 Å². The molecule has 0 heterocycles. The second kappa shape index (κ2) is 52.2. The van der Waals surface area contributed by atoms with E-state index in [9.17, 15) is 19.8 Å². The molecule has 1 amide bonds. The van der Waals surface area contributed by atoms with Crippen LogP contribution in [0.1, 0.15) is 264 Å². The number of hydrogen-bond acceptors (Lipinski definition) is 5. The van der Waals surface area contributed by atoms with Gasteiger partial charge in [-0.2, -0.15) is 0 Å². The zero-order valence-corrected chi connectivity index (χ0v) is 41.5. The molecule has 0 aromatic heterocycles. The first-order valence-corrected chi connectivity index (χ1v) is 27.1. The van der Waals surface area contributed by atoms with Gasteiger partial charge in [0, 0.05) is 12.8 Å². The highest BCUT2D eigenvalue weighted by atomic mass is 16.5. The third kappa shape index (κ3) is 48.8. The highest BCUT2D eigenvalue weighted by Gasteiger charge is 2.18. The molecule has 0 saturated carbocycles. The minimum atomic E-state index is -0.850. The summed E-state index contributed by atoms with van der Waals surface area (Å²) in [6, 6.07) is -0.635. The van der Waals surface area contributed by atoms with Gasteiger partial charge in [-0.3, -0.25) is 9.59 Å². The molecule has 2 unspecified atom stereocenters. The van der Waals surface area contributed by atoms with Crippen LogP contribution in [-0.2, 0) is 14.3 Å². The van der Waals surface area contributed by atoms with Crippen LogP contribution in [-0.4, -0.2) is 47.4 Å². The molecule has 3 N–H and O–H groups in total. The Morgan fingerprint density at radius 1 is 0.460 bits per heavy atom. The van der Waals surface area contributed by atoms with E-state index in [1.54, 1.807) is 6.08 Å². The van der Waals surface area contributed by atoms with Crippen LogP contribution in [0.15, 0.2) is 60.8 Å². The van der Waals surface area contributed by atoms with Crippen LogP contribution in [0.5, 0.6) is 0 Å². The summed E-state index contributed by atoms with van der Waals surface area (Å²) in [7, 11) is 0. The van der Waals surface area contributed by atoms with E-state index in [0.29, 0.717) is 19.4 Å². The number of amides is 1. The van der Waals surface area contributed by atoms with Crippen LogP contribution in [0.2, 0.25) is 0 Å². The predicted octanol–water partition coefficient (Wildman–Crippen LogP) is 16.4. The predicted molar refractivity (Wildman–Crippen MR) is 273 cm³/mol. The zero-order chi connectivity index (χ0) is 45.8. The van der Waals surface area contributed by atoms with E-state index in [1.165, 1.54) is 154 Å². The third-order valence-electron chi connectivity index (χ3n) is 12.0. The van der Waals surface area contributed by atoms with Gasteiger partial charge in [0.2, 0.25) is 5.91 Å². The number of rotatable bonds is 49. The van der Waals surface area contributed by atoms with E-state index in [2.05, 4.69) is 67.8 Å². The fourth-order valence-corrected chi connectivity index (χ4v) is 7.83. The Bertz CT molecular complexity index is 1110. The van der Waals surface area contributed by atoms with E-state index in [4.69, 9.17) is 4.74 Å². The number of ether oxygens (including phenoxy) is 1. The van der Waals surface area contributed by atoms with Gasteiger partial charge in [-0.15, -0.1) is 0 Å². The van der Waals surface area contributed by atoms with Crippen molar-refractivity contribution >= 4 is 11.9 Å². The molecule has 6 nitrogen and oxygen atoms in total. The highest BCUT2D eigenvalue weighted by Crippen LogP contribution is 2.14. The van der Waals surface area contributed by atoms with Crippen molar-refractivity contribution in [3.63, 3.8) is 0 Å². The number of carbonyl (C=O) groups is 2. The maximum absolute atomic E-state index is 12.4. The minimum absolute atomic E-state index is 0.0227. The number of esters is 1. The summed E-state index contributed by atoms with van der Waals surface area (Å²) in [5.74, 6) is -0.105. The van der Waals surface area contributed by atoms with Crippen molar-refractivity contribution in [3.8, 4) is 0 Å². The molecule has 0 rings (SSSR count). The SMILES string of the molecule is CCCCCC/C=C\C/C=C\CCCCCCCCCC(=O)OCCCCC/C=C\C=C/CCCCCCCCCCCCC(=O)NC(CO)C(O)/C=C/CCCCCCCCC. The molecule has 0 aliphatic heterocycles. The average Bonchev–Trinajstić information content (AvgIpc) is 3.28. The maximum Gasteiger partial charge on any atom is 0.305 e. The van der Waals surface area contributed by atoms with E-state index in [0.717, 1.165) is 83.5 Å². The molecule has 0 aliphatic rings. The summed E-state index contributed by atoms with van der Waals surface area (Å²) < 4.78 is 5.45. The van der Waals surface area contributed by atoms with Crippen molar-refractivity contribution in [2.75, 3.05) is 13.2 Å². The molecule has 63 heavy (non-hydrogen) atoms. The second-order valence-electron chi connectivity index (χ2n) is 18.2. The van der Waals surface area contributed by atoms with Crippen LogP contribution < -0.4 is 5.32 Å². The number of aliphatic hydroxyl groups excluding tert-OH is 2. The van der Waals surface area contributed by atoms with Gasteiger partial charge in [-0.25, -0.2) is 0 Å². The smallest absolute Gasteiger partial charge is 0.305 e. The minimum Gasteiger partial charge on any atom is -0.466 e. The Morgan fingerprint density at radius 2 is 0.841 bits per heavy atom. The lowest BCUT2D eigenvalue weighted by atomic mass is 10.0. The molecule has 366 valence electrons. The molecular weight excluding hydrogens is 779 g/mol. The first-order valence-electron chi connectivity index (χ1n) is 27.1. The van der Waals surface area contributed by atoms with E-state index in [1.807, 2.05) is 6.08 Å². The van der Waals surface area contributed by atoms with Crippen LogP contribution >= 0.6 is 0 Å². The molecule has 2 atom stereocenters. The van der Waals surface area contributed by atoms with E-state index < -0.39 is 12.1 Å². The Labute approximate surface area is 390 Å². The second-order valence-corrected chi connectivity index (χ2v) is 18.2. The Balaban J connectivity index is 3.49. The van der Waals surface area contributed by atoms with E-state index >= 15 is 0 Å². The molecule has 0 spiro atoms. The maximum atomic E-state index is 12.4. The van der Waals surface area contributed by atoms with E-state index in [-0.39, 0.29) is 18.5 Å². The zero-order valence-electron chi connectivity index (χ0n) is 41.5. The van der Waals surface area contributed by atoms with Gasteiger partial charge in [-0.05, 0) is 96.3 Å².